The van der Waals surface area contributed by atoms with E-state index in [4.69, 9.17) is 0 Å². The van der Waals surface area contributed by atoms with Crippen LogP contribution in [-0.2, 0) is 4.79 Å². The summed E-state index contributed by atoms with van der Waals surface area (Å²) in [6.45, 7) is 8.03. The Kier molecular flexibility index (Phi) is 7.22. The fourth-order valence-corrected chi connectivity index (χ4v) is 2.27. The second-order valence-corrected chi connectivity index (χ2v) is 6.54. The minimum absolute atomic E-state index is 0.152. The molecule has 1 unspecified atom stereocenters. The molecule has 0 saturated heterocycles. The summed E-state index contributed by atoms with van der Waals surface area (Å²) in [5.74, 6) is 0.357. The van der Waals surface area contributed by atoms with E-state index in [2.05, 4.69) is 10.3 Å². The van der Waals surface area contributed by atoms with E-state index in [1.165, 1.54) is 0 Å². The van der Waals surface area contributed by atoms with Gasteiger partial charge in [-0.3, -0.25) is 14.6 Å². The maximum absolute atomic E-state index is 12.1. The maximum atomic E-state index is 12.1. The molecular weight excluding hydrogens is 276 g/mol. The molecule has 1 N–H and O–H groups in total. The third-order valence-corrected chi connectivity index (χ3v) is 3.99. The Morgan fingerprint density at radius 2 is 2.00 bits per heavy atom. The van der Waals surface area contributed by atoms with E-state index in [-0.39, 0.29) is 17.4 Å². The molecule has 0 fully saturated rings. The lowest BCUT2D eigenvalue weighted by molar-refractivity contribution is -0.122. The van der Waals surface area contributed by atoms with Crippen LogP contribution in [0.4, 0.5) is 0 Å². The Morgan fingerprint density at radius 1 is 1.27 bits per heavy atom. The van der Waals surface area contributed by atoms with Crippen molar-refractivity contribution in [2.24, 2.45) is 5.92 Å². The molecule has 1 aromatic heterocycles. The molecule has 1 amide bonds. The van der Waals surface area contributed by atoms with Crippen LogP contribution < -0.4 is 5.32 Å². The Labute approximate surface area is 133 Å². The number of carbonyl (C=O) groups excluding carboxylic acids is 2. The van der Waals surface area contributed by atoms with E-state index in [1.54, 1.807) is 24.4 Å². The summed E-state index contributed by atoms with van der Waals surface area (Å²) in [5.41, 5.74) is 0.135. The highest BCUT2D eigenvalue weighted by molar-refractivity contribution is 5.92. The number of aromatic nitrogens is 1. The number of hydrogen-bond donors (Lipinski definition) is 1. The van der Waals surface area contributed by atoms with E-state index in [0.29, 0.717) is 17.9 Å². The second kappa shape index (κ2) is 8.66. The summed E-state index contributed by atoms with van der Waals surface area (Å²) in [4.78, 5) is 27.9. The van der Waals surface area contributed by atoms with Crippen molar-refractivity contribution in [2.75, 3.05) is 0 Å². The van der Waals surface area contributed by atoms with Gasteiger partial charge in [-0.15, -0.1) is 0 Å². The molecule has 4 nitrogen and oxygen atoms in total. The SMILES string of the molecule is CCC(C)C(=O)CCCCC(C)(C)NC(=O)c1ccccn1. The van der Waals surface area contributed by atoms with Gasteiger partial charge in [-0.05, 0) is 45.2 Å². The Morgan fingerprint density at radius 3 is 2.59 bits per heavy atom. The fraction of sp³-hybridized carbons (Fsp3) is 0.611. The van der Waals surface area contributed by atoms with Crippen molar-refractivity contribution in [3.05, 3.63) is 30.1 Å². The summed E-state index contributed by atoms with van der Waals surface area (Å²) < 4.78 is 0. The van der Waals surface area contributed by atoms with Crippen molar-refractivity contribution in [3.8, 4) is 0 Å². The van der Waals surface area contributed by atoms with Crippen LogP contribution in [0, 0.1) is 5.92 Å². The van der Waals surface area contributed by atoms with Crippen LogP contribution in [0.15, 0.2) is 24.4 Å². The summed E-state index contributed by atoms with van der Waals surface area (Å²) in [6.07, 6.45) is 5.81. The molecule has 22 heavy (non-hydrogen) atoms. The number of unbranched alkanes of at least 4 members (excludes halogenated alkanes) is 1. The van der Waals surface area contributed by atoms with Crippen LogP contribution in [0.3, 0.4) is 0 Å². The molecule has 122 valence electrons. The zero-order valence-electron chi connectivity index (χ0n) is 14.2. The predicted molar refractivity (Wildman–Crippen MR) is 88.7 cm³/mol. The van der Waals surface area contributed by atoms with Gasteiger partial charge in [0.05, 0.1) is 0 Å². The molecule has 4 heteroatoms. The molecule has 0 aromatic carbocycles. The minimum atomic E-state index is -0.298. The first-order chi connectivity index (χ1) is 10.4. The number of nitrogens with one attached hydrogen (secondary N) is 1. The molecule has 1 rings (SSSR count). The number of nitrogens with zero attached hydrogens (tertiary/aromatic N) is 1. The standard InChI is InChI=1S/C18H28N2O2/c1-5-14(2)16(21)11-6-8-12-18(3,4)20-17(22)15-10-7-9-13-19-15/h7,9-10,13-14H,5-6,8,11-12H2,1-4H3,(H,20,22). The first-order valence-electron chi connectivity index (χ1n) is 8.12. The van der Waals surface area contributed by atoms with Crippen molar-refractivity contribution < 1.29 is 9.59 Å². The Balaban J connectivity index is 2.35. The summed E-state index contributed by atoms with van der Waals surface area (Å²) in [6, 6.07) is 5.29. The zero-order chi connectivity index (χ0) is 16.6. The average Bonchev–Trinajstić information content (AvgIpc) is 2.50. The van der Waals surface area contributed by atoms with Gasteiger partial charge in [0, 0.05) is 24.1 Å². The molecule has 0 radical (unpaired) electrons. The summed E-state index contributed by atoms with van der Waals surface area (Å²) >= 11 is 0. The number of hydrogen-bond acceptors (Lipinski definition) is 3. The number of rotatable bonds is 9. The van der Waals surface area contributed by atoms with Crippen molar-refractivity contribution in [1.82, 2.24) is 10.3 Å². The molecule has 0 bridgehead atoms. The Bertz CT molecular complexity index is 483. The van der Waals surface area contributed by atoms with Crippen molar-refractivity contribution in [3.63, 3.8) is 0 Å². The molecule has 0 aliphatic rings. The molecular formula is C18H28N2O2. The fourth-order valence-electron chi connectivity index (χ4n) is 2.27. The summed E-state index contributed by atoms with van der Waals surface area (Å²) in [5, 5.41) is 3.01. The van der Waals surface area contributed by atoms with Gasteiger partial charge in [0.2, 0.25) is 0 Å². The lowest BCUT2D eigenvalue weighted by Crippen LogP contribution is -2.43. The van der Waals surface area contributed by atoms with E-state index in [9.17, 15) is 9.59 Å². The third-order valence-electron chi connectivity index (χ3n) is 3.99. The second-order valence-electron chi connectivity index (χ2n) is 6.54. The molecule has 0 spiro atoms. The van der Waals surface area contributed by atoms with Gasteiger partial charge in [-0.1, -0.05) is 26.3 Å². The topological polar surface area (TPSA) is 59.1 Å². The number of Topliss-reactive ketones (excluding diaryl/α,β-unsaturated/α-hetero) is 1. The van der Waals surface area contributed by atoms with Gasteiger partial charge >= 0.3 is 0 Å². The molecule has 0 aliphatic carbocycles. The Hall–Kier alpha value is -1.71. The molecule has 0 aliphatic heterocycles. The smallest absolute Gasteiger partial charge is 0.270 e. The van der Waals surface area contributed by atoms with Crippen molar-refractivity contribution in [1.29, 1.82) is 0 Å². The monoisotopic (exact) mass is 304 g/mol. The zero-order valence-corrected chi connectivity index (χ0v) is 14.2. The van der Waals surface area contributed by atoms with Gasteiger partial charge < -0.3 is 5.32 Å². The normalized spacial score (nSPS) is 12.7. The lowest BCUT2D eigenvalue weighted by Gasteiger charge is -2.26. The predicted octanol–water partition coefficient (Wildman–Crippen LogP) is 3.77. The first kappa shape index (κ1) is 18.3. The highest BCUT2D eigenvalue weighted by Crippen LogP contribution is 2.16. The number of ketones is 1. The van der Waals surface area contributed by atoms with Crippen LogP contribution in [-0.4, -0.2) is 22.2 Å². The van der Waals surface area contributed by atoms with Crippen LogP contribution in [0.2, 0.25) is 0 Å². The third kappa shape index (κ3) is 6.37. The molecule has 1 atom stereocenters. The molecule has 0 saturated carbocycles. The van der Waals surface area contributed by atoms with Crippen LogP contribution in [0.5, 0.6) is 0 Å². The largest absolute Gasteiger partial charge is 0.346 e. The number of pyridine rings is 1. The van der Waals surface area contributed by atoms with E-state index < -0.39 is 0 Å². The highest BCUT2D eigenvalue weighted by Gasteiger charge is 2.21. The van der Waals surface area contributed by atoms with Gasteiger partial charge in [0.1, 0.15) is 11.5 Å². The number of carbonyl (C=O) groups is 2. The first-order valence-corrected chi connectivity index (χ1v) is 8.12. The van der Waals surface area contributed by atoms with Crippen molar-refractivity contribution >= 4 is 11.7 Å². The van der Waals surface area contributed by atoms with Crippen molar-refractivity contribution in [2.45, 2.75) is 65.3 Å². The van der Waals surface area contributed by atoms with Crippen LogP contribution in [0.1, 0.15) is 70.3 Å². The maximum Gasteiger partial charge on any atom is 0.270 e. The highest BCUT2D eigenvalue weighted by atomic mass is 16.2. The van der Waals surface area contributed by atoms with Crippen LogP contribution >= 0.6 is 0 Å². The quantitative estimate of drug-likeness (QED) is 0.707. The van der Waals surface area contributed by atoms with Gasteiger partial charge in [0.15, 0.2) is 0 Å². The lowest BCUT2D eigenvalue weighted by atomic mass is 9.93. The average molecular weight is 304 g/mol. The van der Waals surface area contributed by atoms with Gasteiger partial charge in [-0.25, -0.2) is 0 Å². The van der Waals surface area contributed by atoms with Gasteiger partial charge in [-0.2, -0.15) is 0 Å². The molecule has 1 aromatic rings. The minimum Gasteiger partial charge on any atom is -0.346 e. The van der Waals surface area contributed by atoms with E-state index in [1.807, 2.05) is 27.7 Å². The van der Waals surface area contributed by atoms with E-state index in [0.717, 1.165) is 25.7 Å². The number of amides is 1. The van der Waals surface area contributed by atoms with Crippen LogP contribution in [0.25, 0.3) is 0 Å². The summed E-state index contributed by atoms with van der Waals surface area (Å²) in [7, 11) is 0. The van der Waals surface area contributed by atoms with Gasteiger partial charge in [0.25, 0.3) is 5.91 Å². The van der Waals surface area contributed by atoms with E-state index >= 15 is 0 Å². The molecule has 1 heterocycles.